The lowest BCUT2D eigenvalue weighted by Gasteiger charge is -2.08. The smallest absolute Gasteiger partial charge is 0.311 e. The highest BCUT2D eigenvalue weighted by Crippen LogP contribution is 2.33. The Kier molecular flexibility index (Phi) is 9.62. The first-order chi connectivity index (χ1) is 13.3. The minimum atomic E-state index is -0.498. The molecule has 6 nitrogen and oxygen atoms in total. The summed E-state index contributed by atoms with van der Waals surface area (Å²) in [6.45, 7) is 3.92. The van der Waals surface area contributed by atoms with Crippen molar-refractivity contribution in [2.45, 2.75) is 26.7 Å². The van der Waals surface area contributed by atoms with Gasteiger partial charge in [0.1, 0.15) is 5.75 Å². The van der Waals surface area contributed by atoms with E-state index >= 15 is 0 Å². The van der Waals surface area contributed by atoms with Gasteiger partial charge >= 0.3 is 5.69 Å². The van der Waals surface area contributed by atoms with Gasteiger partial charge in [-0.2, -0.15) is 0 Å². The molecule has 0 radical (unpaired) electrons. The summed E-state index contributed by atoms with van der Waals surface area (Å²) in [5, 5.41) is 11.9. The standard InChI is InChI=1S/C10H10ClNO3.C10H14ClNO/c1-3-4-7-5-9(12(13)14)10(15-2)6-8(7)11;1-3-4-7-5-9(12)10(13-2)6-8(7)11/h3-6H,1-2H3;5-6H,3-4,12H2,1-2H3/b4-3+;. The van der Waals surface area contributed by atoms with E-state index in [9.17, 15) is 10.1 Å². The van der Waals surface area contributed by atoms with Crippen LogP contribution in [0.1, 0.15) is 31.4 Å². The highest BCUT2D eigenvalue weighted by atomic mass is 35.5. The van der Waals surface area contributed by atoms with Crippen LogP contribution in [0.3, 0.4) is 0 Å². The zero-order valence-corrected chi connectivity index (χ0v) is 17.8. The summed E-state index contributed by atoms with van der Waals surface area (Å²) in [6.07, 6.45) is 5.48. The highest BCUT2D eigenvalue weighted by molar-refractivity contribution is 6.32. The SMILES string of the molecule is C/C=C/c1cc([N+](=O)[O-])c(OC)cc1Cl.CCCc1cc(N)c(OC)cc1Cl. The first kappa shape index (κ1) is 23.6. The van der Waals surface area contributed by atoms with Gasteiger partial charge < -0.3 is 15.2 Å². The van der Waals surface area contributed by atoms with Crippen LogP contribution in [0.15, 0.2) is 30.3 Å². The van der Waals surface area contributed by atoms with Crippen molar-refractivity contribution >= 4 is 40.7 Å². The Morgan fingerprint density at radius 2 is 1.71 bits per heavy atom. The molecule has 0 aliphatic heterocycles. The van der Waals surface area contributed by atoms with E-state index in [1.54, 1.807) is 25.3 Å². The number of rotatable bonds is 6. The van der Waals surface area contributed by atoms with Gasteiger partial charge in [-0.05, 0) is 30.5 Å². The molecular formula is C20H24Cl2N2O4. The second kappa shape index (κ2) is 11.4. The number of methoxy groups -OCH3 is 2. The van der Waals surface area contributed by atoms with Gasteiger partial charge in [-0.1, -0.05) is 48.7 Å². The Hall–Kier alpha value is -2.44. The fraction of sp³-hybridized carbons (Fsp3) is 0.300. The summed E-state index contributed by atoms with van der Waals surface area (Å²) in [5.41, 5.74) is 8.00. The van der Waals surface area contributed by atoms with Crippen LogP contribution in [0.5, 0.6) is 11.5 Å². The van der Waals surface area contributed by atoms with Crippen LogP contribution in [-0.4, -0.2) is 19.1 Å². The highest BCUT2D eigenvalue weighted by Gasteiger charge is 2.17. The number of aryl methyl sites for hydroxylation is 1. The first-order valence-corrected chi connectivity index (χ1v) is 9.31. The van der Waals surface area contributed by atoms with Crippen molar-refractivity contribution in [3.8, 4) is 11.5 Å². The molecule has 152 valence electrons. The monoisotopic (exact) mass is 426 g/mol. The Bertz CT molecular complexity index is 855. The van der Waals surface area contributed by atoms with Crippen LogP contribution >= 0.6 is 23.2 Å². The summed E-state index contributed by atoms with van der Waals surface area (Å²) >= 11 is 11.9. The van der Waals surface area contributed by atoms with E-state index in [-0.39, 0.29) is 11.4 Å². The summed E-state index contributed by atoms with van der Waals surface area (Å²) < 4.78 is 9.92. The lowest BCUT2D eigenvalue weighted by atomic mass is 10.1. The number of allylic oxidation sites excluding steroid dienone is 1. The molecule has 0 saturated heterocycles. The van der Waals surface area contributed by atoms with Crippen LogP contribution < -0.4 is 15.2 Å². The minimum absolute atomic E-state index is 0.0880. The molecule has 2 N–H and O–H groups in total. The van der Waals surface area contributed by atoms with Crippen LogP contribution in [0.25, 0.3) is 6.08 Å². The van der Waals surface area contributed by atoms with Gasteiger partial charge in [0.2, 0.25) is 0 Å². The van der Waals surface area contributed by atoms with Crippen molar-refractivity contribution in [3.05, 3.63) is 61.6 Å². The molecule has 2 aromatic rings. The molecule has 0 spiro atoms. The molecule has 2 aromatic carbocycles. The van der Waals surface area contributed by atoms with E-state index in [1.807, 2.05) is 13.0 Å². The maximum absolute atomic E-state index is 10.7. The quantitative estimate of drug-likeness (QED) is 0.338. The molecule has 0 bridgehead atoms. The fourth-order valence-electron chi connectivity index (χ4n) is 2.43. The molecule has 8 heteroatoms. The van der Waals surface area contributed by atoms with Crippen molar-refractivity contribution in [3.63, 3.8) is 0 Å². The Labute approximate surface area is 175 Å². The largest absolute Gasteiger partial charge is 0.495 e. The number of nitrogen functional groups attached to an aromatic ring is 1. The second-order valence-corrected chi connectivity index (χ2v) is 6.55. The fourth-order valence-corrected chi connectivity index (χ4v) is 2.89. The Balaban J connectivity index is 0.000000283. The molecular weight excluding hydrogens is 403 g/mol. The van der Waals surface area contributed by atoms with Crippen LogP contribution in [0, 0.1) is 10.1 Å². The van der Waals surface area contributed by atoms with Crippen LogP contribution in [0.2, 0.25) is 10.0 Å². The molecule has 0 heterocycles. The van der Waals surface area contributed by atoms with E-state index in [2.05, 4.69) is 6.92 Å². The van der Waals surface area contributed by atoms with Gasteiger partial charge in [0.25, 0.3) is 0 Å². The third kappa shape index (κ3) is 6.32. The Morgan fingerprint density at radius 3 is 2.21 bits per heavy atom. The molecule has 0 aliphatic rings. The summed E-state index contributed by atoms with van der Waals surface area (Å²) in [7, 11) is 2.95. The normalized spacial score (nSPS) is 10.4. The van der Waals surface area contributed by atoms with Crippen LogP contribution in [0.4, 0.5) is 11.4 Å². The zero-order valence-electron chi connectivity index (χ0n) is 16.3. The predicted molar refractivity (Wildman–Crippen MR) is 116 cm³/mol. The topological polar surface area (TPSA) is 87.6 Å². The third-order valence-corrected chi connectivity index (χ3v) is 4.44. The number of anilines is 1. The molecule has 2 rings (SSSR count). The van der Waals surface area contributed by atoms with Gasteiger partial charge in [0.05, 0.1) is 29.9 Å². The minimum Gasteiger partial charge on any atom is -0.495 e. The van der Waals surface area contributed by atoms with Crippen molar-refractivity contribution in [2.75, 3.05) is 20.0 Å². The number of hydrogen-bond donors (Lipinski definition) is 1. The molecule has 0 atom stereocenters. The van der Waals surface area contributed by atoms with E-state index in [1.165, 1.54) is 19.2 Å². The number of nitrogens with two attached hydrogens (primary N) is 1. The third-order valence-electron chi connectivity index (χ3n) is 3.76. The number of ether oxygens (including phenoxy) is 2. The molecule has 0 aliphatic carbocycles. The van der Waals surface area contributed by atoms with Gasteiger partial charge in [-0.3, -0.25) is 10.1 Å². The van der Waals surface area contributed by atoms with E-state index in [0.717, 1.165) is 23.4 Å². The number of nitro benzene ring substituents is 1. The van der Waals surface area contributed by atoms with Gasteiger partial charge in [0, 0.05) is 23.2 Å². The number of benzene rings is 2. The number of hydrogen-bond acceptors (Lipinski definition) is 5. The lowest BCUT2D eigenvalue weighted by Crippen LogP contribution is -1.95. The van der Waals surface area contributed by atoms with Crippen molar-refractivity contribution < 1.29 is 14.4 Å². The zero-order chi connectivity index (χ0) is 21.3. The molecule has 0 unspecified atom stereocenters. The molecule has 28 heavy (non-hydrogen) atoms. The summed E-state index contributed by atoms with van der Waals surface area (Å²) in [4.78, 5) is 10.2. The van der Waals surface area contributed by atoms with Gasteiger partial charge in [-0.15, -0.1) is 0 Å². The van der Waals surface area contributed by atoms with Gasteiger partial charge in [0.15, 0.2) is 5.75 Å². The van der Waals surface area contributed by atoms with Gasteiger partial charge in [-0.25, -0.2) is 0 Å². The molecule has 0 saturated carbocycles. The van der Waals surface area contributed by atoms with Crippen molar-refractivity contribution in [2.24, 2.45) is 0 Å². The van der Waals surface area contributed by atoms with E-state index < -0.39 is 4.92 Å². The van der Waals surface area contributed by atoms with Crippen LogP contribution in [-0.2, 0) is 6.42 Å². The number of nitro groups is 1. The second-order valence-electron chi connectivity index (χ2n) is 5.74. The van der Waals surface area contributed by atoms with Crippen molar-refractivity contribution in [1.82, 2.24) is 0 Å². The molecule has 0 aromatic heterocycles. The molecule has 0 fully saturated rings. The lowest BCUT2D eigenvalue weighted by molar-refractivity contribution is -0.385. The number of halogens is 2. The molecule has 0 amide bonds. The Morgan fingerprint density at radius 1 is 1.11 bits per heavy atom. The first-order valence-electron chi connectivity index (χ1n) is 8.55. The van der Waals surface area contributed by atoms with E-state index in [0.29, 0.717) is 22.0 Å². The maximum atomic E-state index is 10.7. The van der Waals surface area contributed by atoms with Crippen molar-refractivity contribution in [1.29, 1.82) is 0 Å². The maximum Gasteiger partial charge on any atom is 0.311 e. The average molecular weight is 427 g/mol. The average Bonchev–Trinajstić information content (AvgIpc) is 2.66. The predicted octanol–water partition coefficient (Wildman–Crippen LogP) is 6.17. The number of nitrogens with zero attached hydrogens (tertiary/aromatic N) is 1. The summed E-state index contributed by atoms with van der Waals surface area (Å²) in [5.74, 6) is 0.808. The summed E-state index contributed by atoms with van der Waals surface area (Å²) in [6, 6.07) is 6.47. The van der Waals surface area contributed by atoms with E-state index in [4.69, 9.17) is 38.4 Å².